The highest BCUT2D eigenvalue weighted by molar-refractivity contribution is 6.30. The molecule has 0 bridgehead atoms. The van der Waals surface area contributed by atoms with E-state index in [1.165, 1.54) is 0 Å². The quantitative estimate of drug-likeness (QED) is 0.745. The maximum atomic E-state index is 12.8. The Morgan fingerprint density at radius 1 is 1.33 bits per heavy atom. The molecule has 0 heterocycles. The molecule has 0 unspecified atom stereocenters. The molecule has 0 aromatic heterocycles. The van der Waals surface area contributed by atoms with Crippen LogP contribution in [0.4, 0.5) is 17.6 Å². The summed E-state index contributed by atoms with van der Waals surface area (Å²) < 4.78 is 49.4. The Bertz CT molecular complexity index is 380. The molecule has 0 fully saturated rings. The summed E-state index contributed by atoms with van der Waals surface area (Å²) in [5, 5.41) is 8.78. The molecule has 0 saturated carbocycles. The lowest BCUT2D eigenvalue weighted by atomic mass is 10.1. The van der Waals surface area contributed by atoms with Crippen molar-refractivity contribution in [3.8, 4) is 5.75 Å². The minimum Gasteiger partial charge on any atom is -0.505 e. The average Bonchev–Trinajstić information content (AvgIpc) is 2.08. The van der Waals surface area contributed by atoms with Crippen molar-refractivity contribution in [3.05, 3.63) is 28.5 Å². The monoisotopic (exact) mass is 243 g/mol. The number of alkyl halides is 3. The van der Waals surface area contributed by atoms with Crippen LogP contribution in [-0.4, -0.2) is 11.3 Å². The van der Waals surface area contributed by atoms with Crippen LogP contribution in [0, 0.1) is 5.82 Å². The van der Waals surface area contributed by atoms with Crippen molar-refractivity contribution < 1.29 is 22.7 Å². The molecule has 0 spiro atoms. The van der Waals surface area contributed by atoms with Gasteiger partial charge in [0.15, 0.2) is 11.6 Å². The smallest absolute Gasteiger partial charge is 0.407 e. The molecule has 2 nitrogen and oxygen atoms in total. The highest BCUT2D eigenvalue weighted by Gasteiger charge is 2.39. The van der Waals surface area contributed by atoms with Crippen LogP contribution in [0.5, 0.6) is 5.75 Å². The van der Waals surface area contributed by atoms with Crippen LogP contribution in [-0.2, 0) is 0 Å². The summed E-state index contributed by atoms with van der Waals surface area (Å²) in [6.07, 6.45) is -4.77. The predicted molar refractivity (Wildman–Crippen MR) is 46.1 cm³/mol. The first-order valence-electron chi connectivity index (χ1n) is 3.73. The van der Waals surface area contributed by atoms with Gasteiger partial charge in [0.1, 0.15) is 6.04 Å². The largest absolute Gasteiger partial charge is 0.505 e. The molecule has 84 valence electrons. The molecule has 0 aliphatic heterocycles. The van der Waals surface area contributed by atoms with E-state index in [1.54, 1.807) is 0 Å². The predicted octanol–water partition coefficient (Wildman–Crippen LogP) is 2.75. The minimum absolute atomic E-state index is 0.264. The van der Waals surface area contributed by atoms with Crippen molar-refractivity contribution in [3.63, 3.8) is 0 Å². The van der Waals surface area contributed by atoms with Gasteiger partial charge in [-0.2, -0.15) is 13.2 Å². The van der Waals surface area contributed by atoms with Gasteiger partial charge in [0.25, 0.3) is 0 Å². The average molecular weight is 244 g/mol. The van der Waals surface area contributed by atoms with E-state index in [0.29, 0.717) is 6.07 Å². The highest BCUT2D eigenvalue weighted by Crippen LogP contribution is 2.37. The van der Waals surface area contributed by atoms with Crippen molar-refractivity contribution in [1.82, 2.24) is 0 Å². The second kappa shape index (κ2) is 3.86. The van der Waals surface area contributed by atoms with Crippen LogP contribution in [0.25, 0.3) is 0 Å². The van der Waals surface area contributed by atoms with Crippen LogP contribution >= 0.6 is 11.6 Å². The van der Waals surface area contributed by atoms with E-state index in [4.69, 9.17) is 22.4 Å². The van der Waals surface area contributed by atoms with Crippen molar-refractivity contribution >= 4 is 11.6 Å². The molecule has 1 aromatic rings. The topological polar surface area (TPSA) is 46.2 Å². The van der Waals surface area contributed by atoms with Crippen LogP contribution in [0.15, 0.2) is 12.1 Å². The van der Waals surface area contributed by atoms with E-state index in [-0.39, 0.29) is 5.02 Å². The summed E-state index contributed by atoms with van der Waals surface area (Å²) in [5.41, 5.74) is 4.02. The first-order chi connectivity index (χ1) is 6.73. The van der Waals surface area contributed by atoms with E-state index in [1.807, 2.05) is 0 Å². The van der Waals surface area contributed by atoms with Gasteiger partial charge in [-0.15, -0.1) is 0 Å². The van der Waals surface area contributed by atoms with Gasteiger partial charge in [-0.25, -0.2) is 4.39 Å². The summed E-state index contributed by atoms with van der Waals surface area (Å²) in [6.45, 7) is 0. The van der Waals surface area contributed by atoms with Crippen LogP contribution in [0.3, 0.4) is 0 Å². The van der Waals surface area contributed by atoms with Crippen molar-refractivity contribution in [1.29, 1.82) is 0 Å². The normalized spacial score (nSPS) is 14.0. The number of phenolic OH excluding ortho intramolecular Hbond substituents is 1. The summed E-state index contributed by atoms with van der Waals surface area (Å²) in [7, 11) is 0. The lowest BCUT2D eigenvalue weighted by Gasteiger charge is -2.17. The standard InChI is InChI=1S/C8H6ClF4NO/c9-3-1-4(6(15)5(10)2-3)7(14)8(11,12)13/h1-2,7,15H,14H2/t7-/m0/s1. The summed E-state index contributed by atoms with van der Waals surface area (Å²) in [6, 6.07) is -0.993. The lowest BCUT2D eigenvalue weighted by Crippen LogP contribution is -2.28. The first-order valence-corrected chi connectivity index (χ1v) is 4.11. The maximum absolute atomic E-state index is 12.8. The number of phenols is 1. The minimum atomic E-state index is -4.77. The van der Waals surface area contributed by atoms with Crippen LogP contribution in [0.2, 0.25) is 5.02 Å². The summed E-state index contributed by atoms with van der Waals surface area (Å²) >= 11 is 5.34. The number of halogens is 5. The SMILES string of the molecule is N[C@@H](c1cc(Cl)cc(F)c1O)C(F)(F)F. The fourth-order valence-corrected chi connectivity index (χ4v) is 1.21. The molecule has 0 amide bonds. The number of rotatable bonds is 1. The number of aromatic hydroxyl groups is 1. The Balaban J connectivity index is 3.25. The molecular weight excluding hydrogens is 238 g/mol. The van der Waals surface area contributed by atoms with Gasteiger partial charge in [0.2, 0.25) is 0 Å². The van der Waals surface area contributed by atoms with Gasteiger partial charge < -0.3 is 10.8 Å². The third kappa shape index (κ3) is 2.51. The third-order valence-electron chi connectivity index (χ3n) is 1.75. The molecule has 0 aliphatic rings. The zero-order chi connectivity index (χ0) is 11.8. The van der Waals surface area contributed by atoms with E-state index >= 15 is 0 Å². The lowest BCUT2D eigenvalue weighted by molar-refractivity contribution is -0.149. The van der Waals surface area contributed by atoms with Crippen molar-refractivity contribution in [2.75, 3.05) is 0 Å². The van der Waals surface area contributed by atoms with Gasteiger partial charge in [-0.05, 0) is 12.1 Å². The maximum Gasteiger partial charge on any atom is 0.407 e. The van der Waals surface area contributed by atoms with Crippen LogP contribution in [0.1, 0.15) is 11.6 Å². The fraction of sp³-hybridized carbons (Fsp3) is 0.250. The molecule has 15 heavy (non-hydrogen) atoms. The number of nitrogens with two attached hydrogens (primary N) is 1. The molecule has 1 rings (SSSR count). The third-order valence-corrected chi connectivity index (χ3v) is 1.96. The molecule has 3 N–H and O–H groups in total. The highest BCUT2D eigenvalue weighted by atomic mass is 35.5. The number of hydrogen-bond donors (Lipinski definition) is 2. The van der Waals surface area contributed by atoms with Gasteiger partial charge in [0.05, 0.1) is 0 Å². The second-order valence-electron chi connectivity index (χ2n) is 2.84. The molecule has 1 aromatic carbocycles. The van der Waals surface area contributed by atoms with E-state index in [9.17, 15) is 17.6 Å². The van der Waals surface area contributed by atoms with Crippen LogP contribution < -0.4 is 5.73 Å². The van der Waals surface area contributed by atoms with E-state index in [2.05, 4.69) is 0 Å². The fourth-order valence-electron chi connectivity index (χ4n) is 0.999. The number of benzene rings is 1. The Kier molecular flexibility index (Phi) is 3.11. The van der Waals surface area contributed by atoms with Gasteiger partial charge in [-0.1, -0.05) is 11.6 Å². The molecular formula is C8H6ClF4NO. The Morgan fingerprint density at radius 2 is 1.87 bits per heavy atom. The van der Waals surface area contributed by atoms with Gasteiger partial charge in [0, 0.05) is 10.6 Å². The second-order valence-corrected chi connectivity index (χ2v) is 3.28. The summed E-state index contributed by atoms with van der Waals surface area (Å²) in [4.78, 5) is 0. The van der Waals surface area contributed by atoms with Gasteiger partial charge >= 0.3 is 6.18 Å². The molecule has 0 saturated heterocycles. The Morgan fingerprint density at radius 3 is 2.33 bits per heavy atom. The van der Waals surface area contributed by atoms with Gasteiger partial charge in [-0.3, -0.25) is 0 Å². The molecule has 0 aliphatic carbocycles. The molecule has 7 heteroatoms. The van der Waals surface area contributed by atoms with Crippen molar-refractivity contribution in [2.45, 2.75) is 12.2 Å². The molecule has 1 atom stereocenters. The Hall–Kier alpha value is -1.01. The zero-order valence-corrected chi connectivity index (χ0v) is 7.90. The summed E-state index contributed by atoms with van der Waals surface area (Å²) in [5.74, 6) is -2.37. The first kappa shape index (κ1) is 12.1. The van der Waals surface area contributed by atoms with Crippen molar-refractivity contribution in [2.24, 2.45) is 5.73 Å². The van der Waals surface area contributed by atoms with E-state index in [0.717, 1.165) is 6.07 Å². The van der Waals surface area contributed by atoms with E-state index < -0.39 is 29.3 Å². The molecule has 0 radical (unpaired) electrons. The Labute approximate surface area is 87.3 Å². The number of hydrogen-bond acceptors (Lipinski definition) is 2. The zero-order valence-electron chi connectivity index (χ0n) is 7.15.